The van der Waals surface area contributed by atoms with Crippen molar-refractivity contribution in [2.75, 3.05) is 0 Å². The second kappa shape index (κ2) is 27.1. The fourth-order valence-electron chi connectivity index (χ4n) is 6.24. The topological polar surface area (TPSA) is 394 Å². The quantitative estimate of drug-likeness (QED) is 0.0399. The van der Waals surface area contributed by atoms with Crippen molar-refractivity contribution in [3.05, 3.63) is 29.8 Å². The molecule has 0 bridgehead atoms. The van der Waals surface area contributed by atoms with Crippen LogP contribution in [0.3, 0.4) is 0 Å². The number of carbonyl (C=O) groups is 10. The van der Waals surface area contributed by atoms with Gasteiger partial charge in [0.15, 0.2) is 0 Å². The van der Waals surface area contributed by atoms with Crippen molar-refractivity contribution in [2.45, 2.75) is 148 Å². The van der Waals surface area contributed by atoms with E-state index in [0.717, 1.165) is 0 Å². The van der Waals surface area contributed by atoms with Gasteiger partial charge in [0.25, 0.3) is 0 Å². The van der Waals surface area contributed by atoms with Crippen LogP contribution in [0.2, 0.25) is 0 Å². The number of carboxylic acids is 1. The molecule has 9 amide bonds. The molecule has 0 unspecified atom stereocenters. The Labute approximate surface area is 377 Å². The number of aliphatic hydroxyl groups is 1. The Kier molecular flexibility index (Phi) is 23.6. The first-order valence-corrected chi connectivity index (χ1v) is 21.3. The molecule has 1 aromatic carbocycles. The number of benzene rings is 1. The third-order valence-corrected chi connectivity index (χ3v) is 10.3. The smallest absolute Gasteiger partial charge is 0.305 e. The summed E-state index contributed by atoms with van der Waals surface area (Å²) in [4.78, 5) is 129. The van der Waals surface area contributed by atoms with Crippen molar-refractivity contribution >= 4 is 59.1 Å². The highest BCUT2D eigenvalue weighted by molar-refractivity contribution is 5.98. The number of phenols is 1. The summed E-state index contributed by atoms with van der Waals surface area (Å²) in [6.07, 6.45) is -2.58. The molecule has 0 spiro atoms. The second-order valence-corrected chi connectivity index (χ2v) is 16.9. The van der Waals surface area contributed by atoms with E-state index in [9.17, 15) is 63.3 Å². The van der Waals surface area contributed by atoms with Crippen LogP contribution in [0.4, 0.5) is 0 Å². The van der Waals surface area contributed by atoms with E-state index >= 15 is 0 Å². The maximum atomic E-state index is 13.8. The molecule has 23 heteroatoms. The number of hydrogen-bond donors (Lipinski definition) is 13. The zero-order valence-electron chi connectivity index (χ0n) is 38.1. The Bertz CT molecular complexity index is 1840. The first kappa shape index (κ1) is 56.7. The number of hydrogen-bond acceptors (Lipinski definition) is 13. The first-order valence-electron chi connectivity index (χ1n) is 21.3. The number of primary amides is 2. The van der Waals surface area contributed by atoms with Crippen molar-refractivity contribution < 1.29 is 63.3 Å². The molecule has 16 N–H and O–H groups in total. The number of aromatic hydroxyl groups is 1. The molecule has 1 aromatic rings. The van der Waals surface area contributed by atoms with Crippen LogP contribution >= 0.6 is 0 Å². The molecule has 23 nitrogen and oxygen atoms in total. The summed E-state index contributed by atoms with van der Waals surface area (Å²) in [6, 6.07) is -5.33. The lowest BCUT2D eigenvalue weighted by molar-refractivity contribution is -0.142. The Balaban J connectivity index is 3.18. The van der Waals surface area contributed by atoms with Gasteiger partial charge < -0.3 is 69.7 Å². The molecule has 0 radical (unpaired) electrons. The zero-order valence-corrected chi connectivity index (χ0v) is 38.1. The van der Waals surface area contributed by atoms with E-state index < -0.39 is 132 Å². The zero-order chi connectivity index (χ0) is 49.9. The van der Waals surface area contributed by atoms with Crippen LogP contribution < -0.4 is 54.4 Å². The molecular weight excluding hydrogens is 853 g/mol. The largest absolute Gasteiger partial charge is 0.508 e. The van der Waals surface area contributed by atoms with Crippen LogP contribution in [0.5, 0.6) is 5.75 Å². The van der Waals surface area contributed by atoms with Gasteiger partial charge in [0, 0.05) is 6.42 Å². The van der Waals surface area contributed by atoms with Crippen LogP contribution in [-0.4, -0.2) is 129 Å². The Morgan fingerprint density at radius 3 is 1.60 bits per heavy atom. The van der Waals surface area contributed by atoms with Gasteiger partial charge in [-0.25, -0.2) is 0 Å². The number of phenolic OH excluding ortho intramolecular Hbond substituents is 1. The number of aliphatic hydroxyl groups excluding tert-OH is 1. The molecule has 1 rings (SSSR count). The highest BCUT2D eigenvalue weighted by Crippen LogP contribution is 2.13. The van der Waals surface area contributed by atoms with E-state index in [1.807, 2.05) is 0 Å². The number of nitrogens with two attached hydrogens (primary N) is 3. The summed E-state index contributed by atoms with van der Waals surface area (Å²) in [6.45, 7) is 12.6. The van der Waals surface area contributed by atoms with Gasteiger partial charge in [0.1, 0.15) is 48.0 Å². The second-order valence-electron chi connectivity index (χ2n) is 16.9. The standard InChI is InChI=1S/C42H68N10O13/c1-9-21(6)33(41(64)47-27(35(45)58)14-15-30(44)55)51-36(59)22(7)46-40(63)32(20(4)5)50-39(62)28(16-19(2)3)48-38(61)29(18-31(56)57)49-42(65)34(23(8)53)52-37(60)26(43)17-24-10-12-25(54)13-11-24/h10-13,19-23,26-29,32-34,53-54H,9,14-18,43H2,1-8H3,(H2,44,55)(H2,45,58)(H,46,63)(H,47,64)(H,48,61)(H,49,65)(H,50,62)(H,51,59)(H,52,60)(H,56,57)/t21-,22-,23+,26+,27-,28-,29-,32-,33-,34-/m0/s1. The maximum absolute atomic E-state index is 13.8. The molecule has 0 saturated carbocycles. The summed E-state index contributed by atoms with van der Waals surface area (Å²) in [5.41, 5.74) is 17.1. The molecule has 0 fully saturated rings. The number of aliphatic carboxylic acids is 1. The lowest BCUT2D eigenvalue weighted by atomic mass is 9.97. The summed E-state index contributed by atoms with van der Waals surface area (Å²) >= 11 is 0. The van der Waals surface area contributed by atoms with E-state index in [2.05, 4.69) is 37.2 Å². The summed E-state index contributed by atoms with van der Waals surface area (Å²) in [5.74, 6) is -10.9. The predicted molar refractivity (Wildman–Crippen MR) is 234 cm³/mol. The van der Waals surface area contributed by atoms with Gasteiger partial charge in [-0.15, -0.1) is 0 Å². The monoisotopic (exact) mass is 920 g/mol. The van der Waals surface area contributed by atoms with Crippen LogP contribution in [0.25, 0.3) is 0 Å². The average Bonchev–Trinajstić information content (AvgIpc) is 3.20. The summed E-state index contributed by atoms with van der Waals surface area (Å²) in [5, 5.41) is 46.6. The molecule has 0 aromatic heterocycles. The fourth-order valence-corrected chi connectivity index (χ4v) is 6.24. The predicted octanol–water partition coefficient (Wildman–Crippen LogP) is -2.97. The molecule has 0 aliphatic rings. The van der Waals surface area contributed by atoms with Crippen LogP contribution in [-0.2, 0) is 54.4 Å². The highest BCUT2D eigenvalue weighted by atomic mass is 16.4. The van der Waals surface area contributed by atoms with Gasteiger partial charge in [-0.1, -0.05) is 60.1 Å². The molecule has 364 valence electrons. The minimum absolute atomic E-state index is 0.0104. The summed E-state index contributed by atoms with van der Waals surface area (Å²) < 4.78 is 0. The minimum Gasteiger partial charge on any atom is -0.508 e. The Morgan fingerprint density at radius 2 is 1.11 bits per heavy atom. The lowest BCUT2D eigenvalue weighted by Gasteiger charge is -2.29. The van der Waals surface area contributed by atoms with Crippen molar-refractivity contribution in [1.82, 2.24) is 37.2 Å². The molecule has 10 atom stereocenters. The van der Waals surface area contributed by atoms with Crippen molar-refractivity contribution in [3.8, 4) is 5.75 Å². The third-order valence-electron chi connectivity index (χ3n) is 10.3. The van der Waals surface area contributed by atoms with Crippen LogP contribution in [0, 0.1) is 17.8 Å². The van der Waals surface area contributed by atoms with Crippen molar-refractivity contribution in [3.63, 3.8) is 0 Å². The van der Waals surface area contributed by atoms with E-state index in [1.54, 1.807) is 41.5 Å². The first-order chi connectivity index (χ1) is 30.2. The maximum Gasteiger partial charge on any atom is 0.305 e. The molecule has 0 aliphatic carbocycles. The van der Waals surface area contributed by atoms with Gasteiger partial charge in [-0.2, -0.15) is 0 Å². The number of carboxylic acid groups (broad SMARTS) is 1. The molecule has 0 aliphatic heterocycles. The lowest BCUT2D eigenvalue weighted by Crippen LogP contribution is -2.62. The Morgan fingerprint density at radius 1 is 0.615 bits per heavy atom. The summed E-state index contributed by atoms with van der Waals surface area (Å²) in [7, 11) is 0. The van der Waals surface area contributed by atoms with Crippen LogP contribution in [0.15, 0.2) is 24.3 Å². The fraction of sp³-hybridized carbons (Fsp3) is 0.619. The third kappa shape index (κ3) is 19.9. The number of rotatable bonds is 28. The SMILES string of the molecule is CC[C@H](C)[C@H](NC(=O)[C@H](C)NC(=O)[C@@H](NC(=O)[C@H](CC(C)C)NC(=O)[C@H](CC(=O)O)NC(=O)[C@@H](NC(=O)[C@H](N)Cc1ccc(O)cc1)[C@@H](C)O)C(C)C)C(=O)N[C@@H](CCC(N)=O)C(N)=O. The normalized spacial score (nSPS) is 15.8. The van der Waals surface area contributed by atoms with Gasteiger partial charge in [0.2, 0.25) is 53.2 Å². The van der Waals surface area contributed by atoms with Crippen molar-refractivity contribution in [1.29, 1.82) is 0 Å². The van der Waals surface area contributed by atoms with Gasteiger partial charge in [0.05, 0.1) is 18.6 Å². The number of amides is 9. The highest BCUT2D eigenvalue weighted by Gasteiger charge is 2.36. The van der Waals surface area contributed by atoms with Gasteiger partial charge in [-0.3, -0.25) is 47.9 Å². The Hall–Kier alpha value is -6.36. The van der Waals surface area contributed by atoms with E-state index in [4.69, 9.17) is 17.2 Å². The van der Waals surface area contributed by atoms with Gasteiger partial charge in [-0.05, 0) is 68.6 Å². The van der Waals surface area contributed by atoms with E-state index in [0.29, 0.717) is 12.0 Å². The molecule has 0 heterocycles. The minimum atomic E-state index is -1.83. The molecule has 0 saturated heterocycles. The van der Waals surface area contributed by atoms with E-state index in [1.165, 1.54) is 38.1 Å². The van der Waals surface area contributed by atoms with Crippen molar-refractivity contribution in [2.24, 2.45) is 35.0 Å². The van der Waals surface area contributed by atoms with E-state index in [-0.39, 0.29) is 37.4 Å². The van der Waals surface area contributed by atoms with Crippen LogP contribution in [0.1, 0.15) is 93.1 Å². The molecular formula is C42H68N10O13. The number of nitrogens with one attached hydrogen (secondary N) is 7. The molecule has 65 heavy (non-hydrogen) atoms. The average molecular weight is 921 g/mol. The van der Waals surface area contributed by atoms with Gasteiger partial charge >= 0.3 is 5.97 Å². The number of carbonyl (C=O) groups excluding carboxylic acids is 9.